The molecule has 0 aliphatic heterocycles. The van der Waals surface area contributed by atoms with E-state index in [9.17, 15) is 9.59 Å². The maximum atomic E-state index is 13.6. The number of para-hydroxylation sites is 2. The van der Waals surface area contributed by atoms with E-state index in [0.29, 0.717) is 18.9 Å². The van der Waals surface area contributed by atoms with E-state index in [1.807, 2.05) is 60.0 Å². The standard InChI is InChI=1S/C22H24N4O2/c1-3-26-19-13-7-6-12-18(19)23-21(26)24-20(28)22(25-15(2)27)14-8-10-16-9-4-5-11-17(16)22/h4-7,9,11-13H,3,8,10,14H2,1-2H3,(H,25,27)(H,23,24,28)/t22-/m0/s1. The molecule has 28 heavy (non-hydrogen) atoms. The molecule has 2 aromatic carbocycles. The molecule has 0 saturated carbocycles. The van der Waals surface area contributed by atoms with Gasteiger partial charge in [-0.25, -0.2) is 4.98 Å². The molecule has 6 nitrogen and oxygen atoms in total. The van der Waals surface area contributed by atoms with Gasteiger partial charge in [-0.3, -0.25) is 14.9 Å². The van der Waals surface area contributed by atoms with Gasteiger partial charge in [0.2, 0.25) is 11.9 Å². The quantitative estimate of drug-likeness (QED) is 0.733. The molecule has 0 fully saturated rings. The molecule has 0 unspecified atom stereocenters. The highest BCUT2D eigenvalue weighted by Crippen LogP contribution is 2.36. The van der Waals surface area contributed by atoms with Crippen molar-refractivity contribution in [2.75, 3.05) is 5.32 Å². The number of nitrogens with one attached hydrogen (secondary N) is 2. The van der Waals surface area contributed by atoms with Crippen molar-refractivity contribution in [1.82, 2.24) is 14.9 Å². The maximum absolute atomic E-state index is 13.6. The van der Waals surface area contributed by atoms with Gasteiger partial charge < -0.3 is 9.88 Å². The molecule has 0 bridgehead atoms. The SMILES string of the molecule is CCn1c(NC(=O)[C@]2(NC(C)=O)CCCc3ccccc32)nc2ccccc21. The molecule has 0 spiro atoms. The van der Waals surface area contributed by atoms with Gasteiger partial charge >= 0.3 is 0 Å². The van der Waals surface area contributed by atoms with Gasteiger partial charge in [-0.1, -0.05) is 36.4 Å². The van der Waals surface area contributed by atoms with Crippen LogP contribution in [0.25, 0.3) is 11.0 Å². The molecular weight excluding hydrogens is 352 g/mol. The molecular formula is C22H24N4O2. The number of aromatic nitrogens is 2. The van der Waals surface area contributed by atoms with Crippen LogP contribution in [0.1, 0.15) is 37.8 Å². The second kappa shape index (κ2) is 7.11. The summed E-state index contributed by atoms with van der Waals surface area (Å²) in [6, 6.07) is 15.6. The summed E-state index contributed by atoms with van der Waals surface area (Å²) in [5, 5.41) is 5.96. The van der Waals surface area contributed by atoms with Crippen LogP contribution < -0.4 is 10.6 Å². The van der Waals surface area contributed by atoms with E-state index in [1.54, 1.807) is 0 Å². The minimum absolute atomic E-state index is 0.226. The first kappa shape index (κ1) is 18.2. The van der Waals surface area contributed by atoms with Crippen LogP contribution in [0, 0.1) is 0 Å². The van der Waals surface area contributed by atoms with Gasteiger partial charge in [0.25, 0.3) is 5.91 Å². The van der Waals surface area contributed by atoms with Crippen LogP contribution in [0.4, 0.5) is 5.95 Å². The average molecular weight is 376 g/mol. The topological polar surface area (TPSA) is 76.0 Å². The summed E-state index contributed by atoms with van der Waals surface area (Å²) in [4.78, 5) is 30.2. The number of hydrogen-bond acceptors (Lipinski definition) is 3. The molecule has 2 N–H and O–H groups in total. The molecule has 1 aliphatic carbocycles. The van der Waals surface area contributed by atoms with Crippen LogP contribution in [0.3, 0.4) is 0 Å². The third-order valence-electron chi connectivity index (χ3n) is 5.45. The molecule has 0 radical (unpaired) electrons. The molecule has 144 valence electrons. The van der Waals surface area contributed by atoms with Crippen molar-refractivity contribution in [1.29, 1.82) is 0 Å². The van der Waals surface area contributed by atoms with Crippen LogP contribution in [-0.2, 0) is 28.1 Å². The second-order valence-corrected chi connectivity index (χ2v) is 7.22. The zero-order valence-corrected chi connectivity index (χ0v) is 16.2. The van der Waals surface area contributed by atoms with Gasteiger partial charge in [0, 0.05) is 13.5 Å². The van der Waals surface area contributed by atoms with Crippen molar-refractivity contribution >= 4 is 28.8 Å². The fourth-order valence-electron chi connectivity index (χ4n) is 4.26. The number of imidazole rings is 1. The summed E-state index contributed by atoms with van der Waals surface area (Å²) in [6.07, 6.45) is 2.29. The number of aryl methyl sites for hydroxylation is 2. The number of nitrogens with zero attached hydrogens (tertiary/aromatic N) is 2. The molecule has 1 aliphatic rings. The van der Waals surface area contributed by atoms with Crippen LogP contribution in [0.5, 0.6) is 0 Å². The first-order valence-electron chi connectivity index (χ1n) is 9.69. The van der Waals surface area contributed by atoms with Crippen LogP contribution in [0.2, 0.25) is 0 Å². The molecule has 1 aromatic heterocycles. The molecule has 6 heteroatoms. The third-order valence-corrected chi connectivity index (χ3v) is 5.45. The van der Waals surface area contributed by atoms with E-state index >= 15 is 0 Å². The van der Waals surface area contributed by atoms with E-state index in [0.717, 1.165) is 35.0 Å². The maximum Gasteiger partial charge on any atom is 0.257 e. The number of carbonyl (C=O) groups excluding carboxylic acids is 2. The van der Waals surface area contributed by atoms with Crippen molar-refractivity contribution < 1.29 is 9.59 Å². The fourth-order valence-corrected chi connectivity index (χ4v) is 4.26. The van der Waals surface area contributed by atoms with Gasteiger partial charge in [-0.05, 0) is 49.4 Å². The van der Waals surface area contributed by atoms with Crippen LogP contribution in [0.15, 0.2) is 48.5 Å². The lowest BCUT2D eigenvalue weighted by Crippen LogP contribution is -2.55. The van der Waals surface area contributed by atoms with Gasteiger partial charge in [-0.15, -0.1) is 0 Å². The van der Waals surface area contributed by atoms with Crippen molar-refractivity contribution in [2.45, 2.75) is 45.2 Å². The molecule has 2 amide bonds. The predicted octanol–water partition coefficient (Wildman–Crippen LogP) is 3.36. The lowest BCUT2D eigenvalue weighted by Gasteiger charge is -2.38. The summed E-state index contributed by atoms with van der Waals surface area (Å²) < 4.78 is 1.98. The Morgan fingerprint density at radius 2 is 1.89 bits per heavy atom. The Kier molecular flexibility index (Phi) is 4.63. The normalized spacial score (nSPS) is 18.5. The molecule has 0 saturated heterocycles. The Bertz CT molecular complexity index is 1060. The predicted molar refractivity (Wildman–Crippen MR) is 109 cm³/mol. The summed E-state index contributed by atoms with van der Waals surface area (Å²) >= 11 is 0. The minimum Gasteiger partial charge on any atom is -0.338 e. The lowest BCUT2D eigenvalue weighted by atomic mass is 9.75. The van der Waals surface area contributed by atoms with Gasteiger partial charge in [0.15, 0.2) is 0 Å². The highest BCUT2D eigenvalue weighted by Gasteiger charge is 2.44. The first-order valence-corrected chi connectivity index (χ1v) is 9.69. The summed E-state index contributed by atoms with van der Waals surface area (Å²) in [7, 11) is 0. The van der Waals surface area contributed by atoms with Crippen molar-refractivity contribution in [3.05, 3.63) is 59.7 Å². The van der Waals surface area contributed by atoms with Crippen LogP contribution >= 0.6 is 0 Å². The number of anilines is 1. The second-order valence-electron chi connectivity index (χ2n) is 7.22. The number of carbonyl (C=O) groups is 2. The van der Waals surface area contributed by atoms with E-state index in [-0.39, 0.29) is 11.8 Å². The van der Waals surface area contributed by atoms with Crippen LogP contribution in [-0.4, -0.2) is 21.4 Å². The van der Waals surface area contributed by atoms with E-state index in [2.05, 4.69) is 15.6 Å². The number of rotatable bonds is 4. The smallest absolute Gasteiger partial charge is 0.257 e. The van der Waals surface area contributed by atoms with E-state index in [4.69, 9.17) is 0 Å². The first-order chi connectivity index (χ1) is 13.5. The Morgan fingerprint density at radius 1 is 1.14 bits per heavy atom. The zero-order valence-electron chi connectivity index (χ0n) is 16.2. The van der Waals surface area contributed by atoms with Gasteiger partial charge in [0.05, 0.1) is 11.0 Å². The van der Waals surface area contributed by atoms with Gasteiger partial charge in [0.1, 0.15) is 5.54 Å². The minimum atomic E-state index is -1.09. The van der Waals surface area contributed by atoms with Gasteiger partial charge in [-0.2, -0.15) is 0 Å². The number of fused-ring (bicyclic) bond motifs is 2. The number of benzene rings is 2. The summed E-state index contributed by atoms with van der Waals surface area (Å²) in [6.45, 7) is 4.15. The fraction of sp³-hybridized carbons (Fsp3) is 0.318. The van der Waals surface area contributed by atoms with E-state index in [1.165, 1.54) is 6.92 Å². The molecule has 3 aromatic rings. The Hall–Kier alpha value is -3.15. The average Bonchev–Trinajstić information content (AvgIpc) is 3.04. The Balaban J connectivity index is 1.78. The Labute approximate surface area is 164 Å². The highest BCUT2D eigenvalue weighted by molar-refractivity contribution is 6.01. The number of hydrogen-bond donors (Lipinski definition) is 2. The van der Waals surface area contributed by atoms with Crippen molar-refractivity contribution in [3.8, 4) is 0 Å². The molecule has 4 rings (SSSR count). The monoisotopic (exact) mass is 376 g/mol. The third kappa shape index (κ3) is 2.95. The summed E-state index contributed by atoms with van der Waals surface area (Å²) in [5.74, 6) is 0.0252. The summed E-state index contributed by atoms with van der Waals surface area (Å²) in [5.41, 5.74) is 2.68. The highest BCUT2D eigenvalue weighted by atomic mass is 16.2. The van der Waals surface area contributed by atoms with Crippen molar-refractivity contribution in [2.24, 2.45) is 0 Å². The van der Waals surface area contributed by atoms with Crippen molar-refractivity contribution in [3.63, 3.8) is 0 Å². The largest absolute Gasteiger partial charge is 0.338 e. The number of amides is 2. The molecule has 1 atom stereocenters. The van der Waals surface area contributed by atoms with E-state index < -0.39 is 5.54 Å². The molecule has 1 heterocycles. The zero-order chi connectivity index (χ0) is 19.7. The lowest BCUT2D eigenvalue weighted by molar-refractivity contribution is -0.130. The Morgan fingerprint density at radius 3 is 2.68 bits per heavy atom.